The van der Waals surface area contributed by atoms with Gasteiger partial charge in [0.1, 0.15) is 5.75 Å². The molecule has 6 heteroatoms. The molecule has 0 unspecified atom stereocenters. The molecule has 3 N–H and O–H groups in total. The molecule has 0 heterocycles. The third kappa shape index (κ3) is 4.80. The average molecular weight is 390 g/mol. The molecule has 3 rings (SSSR count). The van der Waals surface area contributed by atoms with Gasteiger partial charge in [-0.2, -0.15) is 0 Å². The third-order valence-electron chi connectivity index (χ3n) is 4.41. The zero-order chi connectivity index (χ0) is 21.0. The largest absolute Gasteiger partial charge is 0.507 e. The van der Waals surface area contributed by atoms with Crippen molar-refractivity contribution in [3.05, 3.63) is 83.4 Å². The lowest BCUT2D eigenvalue weighted by Gasteiger charge is -2.14. The highest BCUT2D eigenvalue weighted by molar-refractivity contribution is 6.09. The summed E-state index contributed by atoms with van der Waals surface area (Å²) in [7, 11) is 3.81. The van der Waals surface area contributed by atoms with Crippen LogP contribution in [0.3, 0.4) is 0 Å². The van der Waals surface area contributed by atoms with Crippen molar-refractivity contribution in [2.45, 2.75) is 6.54 Å². The van der Waals surface area contributed by atoms with E-state index in [2.05, 4.69) is 5.32 Å². The molecule has 0 saturated carbocycles. The summed E-state index contributed by atoms with van der Waals surface area (Å²) in [5.41, 5.74) is 2.76. The van der Waals surface area contributed by atoms with E-state index >= 15 is 0 Å². The lowest BCUT2D eigenvalue weighted by atomic mass is 10.0. The number of anilines is 1. The number of carbonyl (C=O) groups excluding carboxylic acids is 1. The van der Waals surface area contributed by atoms with E-state index in [9.17, 15) is 19.8 Å². The van der Waals surface area contributed by atoms with Crippen molar-refractivity contribution in [2.75, 3.05) is 19.4 Å². The van der Waals surface area contributed by atoms with E-state index < -0.39 is 11.9 Å². The van der Waals surface area contributed by atoms with Gasteiger partial charge >= 0.3 is 5.97 Å². The SMILES string of the molecule is CN(C)Cc1ccc(O)c(C(=O)Nc2cc(-c3ccccc3)ccc2C(=O)O)c1. The Morgan fingerprint density at radius 1 is 0.897 bits per heavy atom. The molecular formula is C23H22N2O4. The highest BCUT2D eigenvalue weighted by atomic mass is 16.4. The van der Waals surface area contributed by atoms with Gasteiger partial charge in [-0.1, -0.05) is 42.5 Å². The number of phenolic OH excluding ortho intramolecular Hbond substituents is 1. The van der Waals surface area contributed by atoms with Gasteiger partial charge in [-0.05, 0) is 55.1 Å². The Balaban J connectivity index is 1.96. The molecule has 0 saturated heterocycles. The number of rotatable bonds is 6. The van der Waals surface area contributed by atoms with Crippen LogP contribution in [-0.2, 0) is 6.54 Å². The number of carboxylic acids is 1. The molecule has 6 nitrogen and oxygen atoms in total. The Labute approximate surface area is 169 Å². The van der Waals surface area contributed by atoms with Gasteiger partial charge in [0.15, 0.2) is 0 Å². The molecule has 0 fully saturated rings. The summed E-state index contributed by atoms with van der Waals surface area (Å²) in [5, 5.41) is 22.3. The Morgan fingerprint density at radius 2 is 1.62 bits per heavy atom. The molecule has 0 radical (unpaired) electrons. The van der Waals surface area contributed by atoms with Crippen molar-refractivity contribution in [2.24, 2.45) is 0 Å². The van der Waals surface area contributed by atoms with Gasteiger partial charge in [0, 0.05) is 6.54 Å². The van der Waals surface area contributed by atoms with Crippen LogP contribution in [-0.4, -0.2) is 41.1 Å². The fourth-order valence-corrected chi connectivity index (χ4v) is 3.06. The number of phenols is 1. The van der Waals surface area contributed by atoms with Gasteiger partial charge in [0.2, 0.25) is 0 Å². The van der Waals surface area contributed by atoms with Crippen LogP contribution in [0, 0.1) is 0 Å². The number of benzene rings is 3. The second-order valence-corrected chi connectivity index (χ2v) is 6.97. The summed E-state index contributed by atoms with van der Waals surface area (Å²) in [4.78, 5) is 26.4. The molecule has 0 atom stereocenters. The highest BCUT2D eigenvalue weighted by Gasteiger charge is 2.17. The molecule has 3 aromatic rings. The number of hydrogen-bond donors (Lipinski definition) is 3. The minimum absolute atomic E-state index is 0.0260. The lowest BCUT2D eigenvalue weighted by molar-refractivity contribution is 0.0698. The summed E-state index contributed by atoms with van der Waals surface area (Å²) in [6, 6.07) is 19.0. The first-order valence-electron chi connectivity index (χ1n) is 9.06. The molecule has 3 aromatic carbocycles. The molecule has 148 valence electrons. The molecule has 1 amide bonds. The Hall–Kier alpha value is -3.64. The van der Waals surface area contributed by atoms with Crippen LogP contribution in [0.5, 0.6) is 5.75 Å². The summed E-state index contributed by atoms with van der Waals surface area (Å²) < 4.78 is 0. The minimum Gasteiger partial charge on any atom is -0.507 e. The summed E-state index contributed by atoms with van der Waals surface area (Å²) in [6.45, 7) is 0.602. The maximum Gasteiger partial charge on any atom is 0.337 e. The van der Waals surface area contributed by atoms with E-state index in [4.69, 9.17) is 0 Å². The van der Waals surface area contributed by atoms with Crippen LogP contribution in [0.25, 0.3) is 11.1 Å². The maximum absolute atomic E-state index is 12.8. The normalized spacial score (nSPS) is 10.7. The molecule has 0 aromatic heterocycles. The van der Waals surface area contributed by atoms with Crippen molar-refractivity contribution in [1.82, 2.24) is 4.90 Å². The van der Waals surface area contributed by atoms with E-state index in [0.717, 1.165) is 16.7 Å². The Morgan fingerprint density at radius 3 is 2.28 bits per heavy atom. The summed E-state index contributed by atoms with van der Waals surface area (Å²) >= 11 is 0. The lowest BCUT2D eigenvalue weighted by Crippen LogP contribution is -2.16. The van der Waals surface area contributed by atoms with Gasteiger partial charge in [0.25, 0.3) is 5.91 Å². The summed E-state index contributed by atoms with van der Waals surface area (Å²) in [5.74, 6) is -1.89. The molecule has 0 spiro atoms. The maximum atomic E-state index is 12.8. The van der Waals surface area contributed by atoms with Crippen molar-refractivity contribution in [3.8, 4) is 16.9 Å². The van der Waals surface area contributed by atoms with Crippen LogP contribution >= 0.6 is 0 Å². The van der Waals surface area contributed by atoms with Crippen LogP contribution in [0.2, 0.25) is 0 Å². The fourth-order valence-electron chi connectivity index (χ4n) is 3.06. The molecule has 0 aliphatic carbocycles. The van der Waals surface area contributed by atoms with Crippen molar-refractivity contribution in [3.63, 3.8) is 0 Å². The standard InChI is InChI=1S/C23H22N2O4/c1-25(2)14-15-8-11-21(26)19(12-15)22(27)24-20-13-17(9-10-18(20)23(28)29)16-6-4-3-5-7-16/h3-13,26H,14H2,1-2H3,(H,24,27)(H,28,29). The first-order valence-corrected chi connectivity index (χ1v) is 9.06. The van der Waals surface area contributed by atoms with E-state index in [1.807, 2.05) is 49.3 Å². The number of nitrogens with one attached hydrogen (secondary N) is 1. The van der Waals surface area contributed by atoms with E-state index in [1.54, 1.807) is 24.3 Å². The van der Waals surface area contributed by atoms with Crippen molar-refractivity contribution >= 4 is 17.6 Å². The first-order chi connectivity index (χ1) is 13.8. The van der Waals surface area contributed by atoms with Gasteiger partial charge in [-0.3, -0.25) is 4.79 Å². The second-order valence-electron chi connectivity index (χ2n) is 6.97. The van der Waals surface area contributed by atoms with Crippen molar-refractivity contribution < 1.29 is 19.8 Å². The number of aromatic carboxylic acids is 1. The highest BCUT2D eigenvalue weighted by Crippen LogP contribution is 2.27. The van der Waals surface area contributed by atoms with E-state index in [0.29, 0.717) is 6.54 Å². The van der Waals surface area contributed by atoms with Gasteiger partial charge < -0.3 is 20.4 Å². The Kier molecular flexibility index (Phi) is 5.95. The second kappa shape index (κ2) is 8.58. The number of nitrogens with zero attached hydrogens (tertiary/aromatic N) is 1. The average Bonchev–Trinajstić information content (AvgIpc) is 2.69. The van der Waals surface area contributed by atoms with Crippen LogP contribution < -0.4 is 5.32 Å². The number of aromatic hydroxyl groups is 1. The first kappa shape index (κ1) is 20.1. The quantitative estimate of drug-likeness (QED) is 0.590. The topological polar surface area (TPSA) is 89.9 Å². The smallest absolute Gasteiger partial charge is 0.337 e. The van der Waals surface area contributed by atoms with Crippen LogP contribution in [0.1, 0.15) is 26.3 Å². The predicted octanol–water partition coefficient (Wildman–Crippen LogP) is 4.07. The third-order valence-corrected chi connectivity index (χ3v) is 4.41. The van der Waals surface area contributed by atoms with Gasteiger partial charge in [-0.25, -0.2) is 4.79 Å². The molecule has 0 aliphatic heterocycles. The fraction of sp³-hybridized carbons (Fsp3) is 0.130. The van der Waals surface area contributed by atoms with Crippen LogP contribution in [0.4, 0.5) is 5.69 Å². The monoisotopic (exact) mass is 390 g/mol. The zero-order valence-corrected chi connectivity index (χ0v) is 16.2. The van der Waals surface area contributed by atoms with Gasteiger partial charge in [-0.15, -0.1) is 0 Å². The predicted molar refractivity (Wildman–Crippen MR) is 112 cm³/mol. The zero-order valence-electron chi connectivity index (χ0n) is 16.2. The van der Waals surface area contributed by atoms with E-state index in [-0.39, 0.29) is 22.6 Å². The van der Waals surface area contributed by atoms with Gasteiger partial charge in [0.05, 0.1) is 16.8 Å². The molecule has 0 aliphatic rings. The number of carboxylic acid groups (broad SMARTS) is 1. The Bertz CT molecular complexity index is 1050. The summed E-state index contributed by atoms with van der Waals surface area (Å²) in [6.07, 6.45) is 0. The van der Waals surface area contributed by atoms with Crippen molar-refractivity contribution in [1.29, 1.82) is 0 Å². The molecule has 29 heavy (non-hydrogen) atoms. The minimum atomic E-state index is -1.15. The van der Waals surface area contributed by atoms with Crippen LogP contribution in [0.15, 0.2) is 66.7 Å². The molecule has 0 bridgehead atoms. The number of carbonyl (C=O) groups is 2. The number of hydrogen-bond acceptors (Lipinski definition) is 4. The van der Waals surface area contributed by atoms with E-state index in [1.165, 1.54) is 12.1 Å². The number of amides is 1. The molecular weight excluding hydrogens is 368 g/mol.